The maximum absolute atomic E-state index is 12.1. The average Bonchev–Trinajstić information content (AvgIpc) is 2.43. The minimum atomic E-state index is -0.199. The first-order valence-corrected chi connectivity index (χ1v) is 6.56. The van der Waals surface area contributed by atoms with Crippen LogP contribution in [0.25, 0.3) is 0 Å². The molecule has 1 aromatic rings. The van der Waals surface area contributed by atoms with Crippen molar-refractivity contribution >= 4 is 11.6 Å². The van der Waals surface area contributed by atoms with Crippen molar-refractivity contribution in [3.63, 3.8) is 0 Å². The van der Waals surface area contributed by atoms with Crippen molar-refractivity contribution in [2.75, 3.05) is 38.5 Å². The number of rotatable bonds is 3. The summed E-state index contributed by atoms with van der Waals surface area (Å²) < 4.78 is 1.36. The maximum Gasteiger partial charge on any atom is 0.251 e. The number of hydrogen-bond donors (Lipinski definition) is 1. The Kier molecular flexibility index (Phi) is 4.21. The molecular weight excluding hydrogens is 244 g/mol. The summed E-state index contributed by atoms with van der Waals surface area (Å²) in [5.74, 6) is -0.0246. The second kappa shape index (κ2) is 5.88. The first kappa shape index (κ1) is 13.6. The number of nitrogens with zero attached hydrogens (tertiary/aromatic N) is 3. The van der Waals surface area contributed by atoms with E-state index in [1.54, 1.807) is 6.07 Å². The summed E-state index contributed by atoms with van der Waals surface area (Å²) in [5.41, 5.74) is 5.92. The minimum Gasteiger partial charge on any atom is -0.398 e. The molecule has 1 aliphatic heterocycles. The van der Waals surface area contributed by atoms with E-state index in [-0.39, 0.29) is 18.0 Å². The predicted molar refractivity (Wildman–Crippen MR) is 73.8 cm³/mol. The Morgan fingerprint density at radius 1 is 1.26 bits per heavy atom. The molecule has 2 N–H and O–H groups in total. The fraction of sp³-hybridized carbons (Fsp3) is 0.538. The molecule has 2 rings (SSSR count). The number of nitrogens with two attached hydrogens (primary N) is 1. The lowest BCUT2D eigenvalue weighted by molar-refractivity contribution is -0.133. The van der Waals surface area contributed by atoms with Gasteiger partial charge in [0, 0.05) is 44.1 Å². The quantitative estimate of drug-likeness (QED) is 0.806. The van der Waals surface area contributed by atoms with E-state index in [0.29, 0.717) is 5.69 Å². The van der Waals surface area contributed by atoms with E-state index in [2.05, 4.69) is 11.8 Å². The lowest BCUT2D eigenvalue weighted by Gasteiger charge is -2.34. The highest BCUT2D eigenvalue weighted by Crippen LogP contribution is 2.03. The van der Waals surface area contributed by atoms with Crippen molar-refractivity contribution in [1.29, 1.82) is 0 Å². The third kappa shape index (κ3) is 3.35. The molecule has 1 amide bonds. The predicted octanol–water partition coefficient (Wildman–Crippen LogP) is -0.405. The van der Waals surface area contributed by atoms with Crippen LogP contribution in [0.15, 0.2) is 23.1 Å². The highest BCUT2D eigenvalue weighted by Gasteiger charge is 2.20. The summed E-state index contributed by atoms with van der Waals surface area (Å²) in [6, 6.07) is 2.93. The topological polar surface area (TPSA) is 71.6 Å². The first-order valence-electron chi connectivity index (χ1n) is 6.56. The third-order valence-electron chi connectivity index (χ3n) is 3.48. The number of anilines is 1. The van der Waals surface area contributed by atoms with Gasteiger partial charge in [-0.2, -0.15) is 0 Å². The van der Waals surface area contributed by atoms with E-state index in [9.17, 15) is 9.59 Å². The van der Waals surface area contributed by atoms with Crippen LogP contribution in [0.3, 0.4) is 0 Å². The van der Waals surface area contributed by atoms with Gasteiger partial charge in [-0.05, 0) is 12.6 Å². The zero-order valence-corrected chi connectivity index (χ0v) is 11.2. The molecule has 0 aromatic carbocycles. The van der Waals surface area contributed by atoms with Crippen LogP contribution in [0.1, 0.15) is 6.92 Å². The number of carbonyl (C=O) groups is 1. The number of likely N-dealkylation sites (N-methyl/N-ethyl adjacent to an activating group) is 1. The van der Waals surface area contributed by atoms with Crippen molar-refractivity contribution in [3.8, 4) is 0 Å². The Morgan fingerprint density at radius 2 is 1.95 bits per heavy atom. The molecule has 1 aliphatic rings. The largest absolute Gasteiger partial charge is 0.398 e. The molecule has 0 aliphatic carbocycles. The molecule has 2 heterocycles. The Hall–Kier alpha value is -1.82. The molecule has 0 unspecified atom stereocenters. The van der Waals surface area contributed by atoms with Gasteiger partial charge in [0.1, 0.15) is 6.54 Å². The van der Waals surface area contributed by atoms with Gasteiger partial charge in [0.2, 0.25) is 5.91 Å². The fourth-order valence-electron chi connectivity index (χ4n) is 2.23. The van der Waals surface area contributed by atoms with Gasteiger partial charge in [-0.3, -0.25) is 9.59 Å². The number of piperazine rings is 1. The summed E-state index contributed by atoms with van der Waals surface area (Å²) in [4.78, 5) is 27.9. The molecular formula is C13H20N4O2. The molecule has 0 spiro atoms. The average molecular weight is 264 g/mol. The first-order chi connectivity index (χ1) is 9.10. The summed E-state index contributed by atoms with van der Waals surface area (Å²) in [6.45, 7) is 6.44. The van der Waals surface area contributed by atoms with Gasteiger partial charge in [-0.15, -0.1) is 0 Å². The standard InChI is InChI=1S/C13H20N4O2/c1-2-15-5-7-16(8-6-15)13(19)10-17-9-11(14)3-4-12(17)18/h3-4,9H,2,5-8,10,14H2,1H3. The van der Waals surface area contributed by atoms with Crippen LogP contribution in [-0.2, 0) is 11.3 Å². The fourth-order valence-corrected chi connectivity index (χ4v) is 2.23. The minimum absolute atomic E-state index is 0.0246. The molecule has 1 fully saturated rings. The lowest BCUT2D eigenvalue weighted by atomic mass is 10.3. The van der Waals surface area contributed by atoms with Gasteiger partial charge in [-0.25, -0.2) is 0 Å². The highest BCUT2D eigenvalue weighted by molar-refractivity contribution is 5.76. The number of carbonyl (C=O) groups excluding carboxylic acids is 1. The number of nitrogen functional groups attached to an aromatic ring is 1. The van der Waals surface area contributed by atoms with Gasteiger partial charge in [-0.1, -0.05) is 6.92 Å². The SMILES string of the molecule is CCN1CCN(C(=O)Cn2cc(N)ccc2=O)CC1. The van der Waals surface area contributed by atoms with Crippen LogP contribution < -0.4 is 11.3 Å². The molecule has 6 nitrogen and oxygen atoms in total. The molecule has 104 valence electrons. The monoisotopic (exact) mass is 264 g/mol. The number of pyridine rings is 1. The Bertz CT molecular complexity index is 504. The molecule has 1 aromatic heterocycles. The highest BCUT2D eigenvalue weighted by atomic mass is 16.2. The number of hydrogen-bond acceptors (Lipinski definition) is 4. The second-order valence-corrected chi connectivity index (χ2v) is 4.74. The van der Waals surface area contributed by atoms with Crippen LogP contribution in [0, 0.1) is 0 Å². The summed E-state index contributed by atoms with van der Waals surface area (Å²) in [6.07, 6.45) is 1.52. The Balaban J connectivity index is 1.98. The van der Waals surface area contributed by atoms with E-state index in [0.717, 1.165) is 32.7 Å². The zero-order valence-electron chi connectivity index (χ0n) is 11.2. The van der Waals surface area contributed by atoms with E-state index in [1.165, 1.54) is 16.8 Å². The second-order valence-electron chi connectivity index (χ2n) is 4.74. The van der Waals surface area contributed by atoms with E-state index in [1.807, 2.05) is 4.90 Å². The van der Waals surface area contributed by atoms with Crippen molar-refractivity contribution in [1.82, 2.24) is 14.4 Å². The zero-order chi connectivity index (χ0) is 13.8. The van der Waals surface area contributed by atoms with Gasteiger partial charge in [0.15, 0.2) is 0 Å². The Labute approximate surface area is 112 Å². The Morgan fingerprint density at radius 3 is 2.58 bits per heavy atom. The van der Waals surface area contributed by atoms with Crippen LogP contribution in [0.5, 0.6) is 0 Å². The van der Waals surface area contributed by atoms with Gasteiger partial charge in [0.25, 0.3) is 5.56 Å². The van der Waals surface area contributed by atoms with E-state index >= 15 is 0 Å². The van der Waals surface area contributed by atoms with Crippen LogP contribution >= 0.6 is 0 Å². The van der Waals surface area contributed by atoms with Crippen LogP contribution in [-0.4, -0.2) is 53.0 Å². The van der Waals surface area contributed by atoms with Gasteiger partial charge in [0.05, 0.1) is 0 Å². The molecule has 0 radical (unpaired) electrons. The normalized spacial score (nSPS) is 16.6. The summed E-state index contributed by atoms with van der Waals surface area (Å²) >= 11 is 0. The van der Waals surface area contributed by atoms with Gasteiger partial charge < -0.3 is 20.1 Å². The van der Waals surface area contributed by atoms with E-state index < -0.39 is 0 Å². The molecule has 1 saturated heterocycles. The third-order valence-corrected chi connectivity index (χ3v) is 3.48. The van der Waals surface area contributed by atoms with Crippen molar-refractivity contribution in [3.05, 3.63) is 28.7 Å². The van der Waals surface area contributed by atoms with Crippen molar-refractivity contribution in [2.24, 2.45) is 0 Å². The summed E-state index contributed by atoms with van der Waals surface area (Å²) in [7, 11) is 0. The van der Waals surface area contributed by atoms with Crippen molar-refractivity contribution < 1.29 is 4.79 Å². The maximum atomic E-state index is 12.1. The van der Waals surface area contributed by atoms with Crippen LogP contribution in [0.4, 0.5) is 5.69 Å². The number of aromatic nitrogens is 1. The molecule has 6 heteroatoms. The smallest absolute Gasteiger partial charge is 0.251 e. The molecule has 19 heavy (non-hydrogen) atoms. The molecule has 0 bridgehead atoms. The van der Waals surface area contributed by atoms with Crippen LogP contribution in [0.2, 0.25) is 0 Å². The van der Waals surface area contributed by atoms with Crippen molar-refractivity contribution in [2.45, 2.75) is 13.5 Å². The summed E-state index contributed by atoms with van der Waals surface area (Å²) in [5, 5.41) is 0. The van der Waals surface area contributed by atoms with Gasteiger partial charge >= 0.3 is 0 Å². The molecule has 0 atom stereocenters. The lowest BCUT2D eigenvalue weighted by Crippen LogP contribution is -2.49. The molecule has 0 saturated carbocycles. The number of amides is 1. The van der Waals surface area contributed by atoms with E-state index in [4.69, 9.17) is 5.73 Å².